The smallest absolute Gasteiger partial charge is 0.124 e. The Hall–Kier alpha value is -1.32. The highest BCUT2D eigenvalue weighted by Crippen LogP contribution is 2.32. The molecule has 18 heavy (non-hydrogen) atoms. The predicted octanol–water partition coefficient (Wildman–Crippen LogP) is 3.81. The Balaban J connectivity index is 2.43. The lowest BCUT2D eigenvalue weighted by Gasteiger charge is -2.17. The zero-order valence-corrected chi connectivity index (χ0v) is 11.9. The van der Waals surface area contributed by atoms with Crippen LogP contribution in [0, 0.1) is 13.8 Å². The minimum atomic E-state index is -0.113. The third kappa shape index (κ3) is 2.57. The Labute approximate surface area is 112 Å². The lowest BCUT2D eigenvalue weighted by Crippen LogP contribution is -2.14. The summed E-state index contributed by atoms with van der Waals surface area (Å²) in [5.41, 5.74) is 11.1. The predicted molar refractivity (Wildman–Crippen MR) is 77.4 cm³/mol. The summed E-state index contributed by atoms with van der Waals surface area (Å²) in [7, 11) is 0. The van der Waals surface area contributed by atoms with Crippen LogP contribution in [0.2, 0.25) is 0 Å². The first-order chi connectivity index (χ1) is 8.63. The number of benzene rings is 1. The van der Waals surface area contributed by atoms with Gasteiger partial charge in [-0.2, -0.15) is 11.3 Å². The highest BCUT2D eigenvalue weighted by Gasteiger charge is 2.16. The fourth-order valence-corrected chi connectivity index (χ4v) is 2.94. The van der Waals surface area contributed by atoms with E-state index in [4.69, 9.17) is 10.5 Å². The number of hydrogen-bond donors (Lipinski definition) is 1. The maximum Gasteiger partial charge on any atom is 0.124 e. The molecule has 0 radical (unpaired) electrons. The second-order valence-corrected chi connectivity index (χ2v) is 5.21. The van der Waals surface area contributed by atoms with Crippen molar-refractivity contribution in [1.29, 1.82) is 0 Å². The van der Waals surface area contributed by atoms with Gasteiger partial charge in [-0.1, -0.05) is 17.7 Å². The van der Waals surface area contributed by atoms with Gasteiger partial charge in [0, 0.05) is 5.56 Å². The van der Waals surface area contributed by atoms with Gasteiger partial charge in [-0.15, -0.1) is 0 Å². The van der Waals surface area contributed by atoms with Crippen LogP contribution < -0.4 is 10.5 Å². The topological polar surface area (TPSA) is 35.2 Å². The fourth-order valence-electron chi connectivity index (χ4n) is 2.05. The van der Waals surface area contributed by atoms with Crippen molar-refractivity contribution in [1.82, 2.24) is 0 Å². The fraction of sp³-hybridized carbons (Fsp3) is 0.333. The van der Waals surface area contributed by atoms with E-state index in [2.05, 4.69) is 36.7 Å². The summed E-state index contributed by atoms with van der Waals surface area (Å²) in [5.74, 6) is 0.890. The standard InChI is InChI=1S/C15H19NOS/c1-4-17-14-6-5-10(2)7-12(14)15(16)13-9-18-8-11(13)3/h5-9,15H,4,16H2,1-3H3. The van der Waals surface area contributed by atoms with Gasteiger partial charge in [0.2, 0.25) is 0 Å². The summed E-state index contributed by atoms with van der Waals surface area (Å²) in [5, 5.41) is 4.25. The first kappa shape index (κ1) is 13.1. The molecular weight excluding hydrogens is 242 g/mol. The zero-order valence-electron chi connectivity index (χ0n) is 11.1. The van der Waals surface area contributed by atoms with E-state index < -0.39 is 0 Å². The quantitative estimate of drug-likeness (QED) is 0.908. The molecule has 2 nitrogen and oxygen atoms in total. The molecule has 3 heteroatoms. The van der Waals surface area contributed by atoms with Gasteiger partial charge in [-0.25, -0.2) is 0 Å². The van der Waals surface area contributed by atoms with Crippen molar-refractivity contribution >= 4 is 11.3 Å². The second-order valence-electron chi connectivity index (χ2n) is 4.46. The molecule has 0 aliphatic heterocycles. The number of hydrogen-bond acceptors (Lipinski definition) is 3. The van der Waals surface area contributed by atoms with E-state index in [-0.39, 0.29) is 6.04 Å². The number of ether oxygens (including phenoxy) is 1. The molecule has 1 aromatic carbocycles. The highest BCUT2D eigenvalue weighted by molar-refractivity contribution is 7.08. The monoisotopic (exact) mass is 261 g/mol. The maximum absolute atomic E-state index is 6.39. The first-order valence-corrected chi connectivity index (χ1v) is 7.09. The highest BCUT2D eigenvalue weighted by atomic mass is 32.1. The Bertz CT molecular complexity index is 533. The van der Waals surface area contributed by atoms with E-state index in [1.807, 2.05) is 13.0 Å². The van der Waals surface area contributed by atoms with Gasteiger partial charge in [0.1, 0.15) is 5.75 Å². The Morgan fingerprint density at radius 3 is 2.61 bits per heavy atom. The van der Waals surface area contributed by atoms with Crippen molar-refractivity contribution in [2.24, 2.45) is 5.73 Å². The van der Waals surface area contributed by atoms with E-state index in [1.165, 1.54) is 16.7 Å². The van der Waals surface area contributed by atoms with Gasteiger partial charge in [-0.3, -0.25) is 0 Å². The van der Waals surface area contributed by atoms with Crippen LogP contribution in [0.1, 0.15) is 35.2 Å². The van der Waals surface area contributed by atoms with Gasteiger partial charge in [0.25, 0.3) is 0 Å². The molecule has 0 spiro atoms. The van der Waals surface area contributed by atoms with Gasteiger partial charge < -0.3 is 10.5 Å². The number of nitrogens with two attached hydrogens (primary N) is 1. The van der Waals surface area contributed by atoms with Crippen molar-refractivity contribution < 1.29 is 4.74 Å². The van der Waals surface area contributed by atoms with Crippen molar-refractivity contribution in [3.05, 3.63) is 51.2 Å². The summed E-state index contributed by atoms with van der Waals surface area (Å²) in [4.78, 5) is 0. The molecule has 0 saturated carbocycles. The van der Waals surface area contributed by atoms with Crippen LogP contribution in [0.3, 0.4) is 0 Å². The average molecular weight is 261 g/mol. The molecule has 96 valence electrons. The molecule has 1 aromatic heterocycles. The van der Waals surface area contributed by atoms with E-state index >= 15 is 0 Å². The molecule has 2 rings (SSSR count). The van der Waals surface area contributed by atoms with Gasteiger partial charge >= 0.3 is 0 Å². The summed E-state index contributed by atoms with van der Waals surface area (Å²) in [6.07, 6.45) is 0. The molecule has 0 bridgehead atoms. The first-order valence-electron chi connectivity index (χ1n) is 6.15. The van der Waals surface area contributed by atoms with Gasteiger partial charge in [0.15, 0.2) is 0 Å². The molecule has 0 aliphatic carbocycles. The van der Waals surface area contributed by atoms with E-state index in [0.717, 1.165) is 11.3 Å². The van der Waals surface area contributed by atoms with E-state index in [0.29, 0.717) is 6.61 Å². The lowest BCUT2D eigenvalue weighted by atomic mass is 9.97. The Morgan fingerprint density at radius 1 is 1.22 bits per heavy atom. The molecular formula is C15H19NOS. The summed E-state index contributed by atoms with van der Waals surface area (Å²) < 4.78 is 5.67. The van der Waals surface area contributed by atoms with Crippen LogP contribution in [-0.4, -0.2) is 6.61 Å². The molecule has 0 fully saturated rings. The molecule has 2 aromatic rings. The van der Waals surface area contributed by atoms with Crippen LogP contribution in [-0.2, 0) is 0 Å². The molecule has 1 unspecified atom stereocenters. The normalized spacial score (nSPS) is 12.4. The second kappa shape index (κ2) is 5.55. The minimum absolute atomic E-state index is 0.113. The molecule has 1 heterocycles. The van der Waals surface area contributed by atoms with Gasteiger partial charge in [-0.05, 0) is 48.7 Å². The average Bonchev–Trinajstić information content (AvgIpc) is 2.77. The molecule has 0 amide bonds. The third-order valence-corrected chi connectivity index (χ3v) is 3.91. The van der Waals surface area contributed by atoms with E-state index in [9.17, 15) is 0 Å². The Morgan fingerprint density at radius 2 is 2.00 bits per heavy atom. The zero-order chi connectivity index (χ0) is 13.1. The lowest BCUT2D eigenvalue weighted by molar-refractivity contribution is 0.335. The SMILES string of the molecule is CCOc1ccc(C)cc1C(N)c1cscc1C. The molecule has 0 aliphatic rings. The van der Waals surface area contributed by atoms with Crippen LogP contribution >= 0.6 is 11.3 Å². The van der Waals surface area contributed by atoms with Crippen LogP contribution in [0.15, 0.2) is 29.0 Å². The van der Waals surface area contributed by atoms with E-state index in [1.54, 1.807) is 11.3 Å². The number of rotatable bonds is 4. The van der Waals surface area contributed by atoms with Crippen LogP contribution in [0.25, 0.3) is 0 Å². The van der Waals surface area contributed by atoms with Crippen molar-refractivity contribution in [2.75, 3.05) is 6.61 Å². The van der Waals surface area contributed by atoms with Crippen molar-refractivity contribution in [3.8, 4) is 5.75 Å². The van der Waals surface area contributed by atoms with Crippen molar-refractivity contribution in [3.63, 3.8) is 0 Å². The Kier molecular flexibility index (Phi) is 4.04. The van der Waals surface area contributed by atoms with Crippen LogP contribution in [0.4, 0.5) is 0 Å². The van der Waals surface area contributed by atoms with Crippen LogP contribution in [0.5, 0.6) is 5.75 Å². The van der Waals surface area contributed by atoms with Crippen molar-refractivity contribution in [2.45, 2.75) is 26.8 Å². The number of aryl methyl sites for hydroxylation is 2. The summed E-state index contributed by atoms with van der Waals surface area (Å²) in [6, 6.07) is 6.07. The van der Waals surface area contributed by atoms with Gasteiger partial charge in [0.05, 0.1) is 12.6 Å². The summed E-state index contributed by atoms with van der Waals surface area (Å²) in [6.45, 7) is 6.82. The molecule has 2 N–H and O–H groups in total. The molecule has 1 atom stereocenters. The molecule has 0 saturated heterocycles. The third-order valence-electron chi connectivity index (χ3n) is 3.03. The summed E-state index contributed by atoms with van der Waals surface area (Å²) >= 11 is 1.69. The number of thiophene rings is 1. The maximum atomic E-state index is 6.39. The minimum Gasteiger partial charge on any atom is -0.494 e. The largest absolute Gasteiger partial charge is 0.494 e.